The van der Waals surface area contributed by atoms with Crippen molar-refractivity contribution in [1.82, 2.24) is 10.6 Å². The first-order valence-corrected chi connectivity index (χ1v) is 8.44. The van der Waals surface area contributed by atoms with Crippen LogP contribution in [0.2, 0.25) is 0 Å². The maximum atomic E-state index is 10.5. The first-order valence-electron chi connectivity index (χ1n) is 7.56. The Bertz CT molecular complexity index is 439. The smallest absolute Gasteiger partial charge is 0.113 e. The van der Waals surface area contributed by atoms with E-state index in [2.05, 4.69) is 16.0 Å². The zero-order valence-electron chi connectivity index (χ0n) is 11.9. The highest BCUT2D eigenvalue weighted by atomic mass is 32.1. The van der Waals surface area contributed by atoms with Crippen molar-refractivity contribution >= 4 is 11.3 Å². The number of hydrogen-bond acceptors (Lipinski definition) is 5. The number of thiophene rings is 1. The first-order chi connectivity index (χ1) is 9.77. The Labute approximate surface area is 124 Å². The van der Waals surface area contributed by atoms with Gasteiger partial charge in [0.05, 0.1) is 13.2 Å². The molecule has 1 aromatic rings. The zero-order chi connectivity index (χ0) is 13.8. The maximum Gasteiger partial charge on any atom is 0.113 e. The van der Waals surface area contributed by atoms with Gasteiger partial charge in [-0.05, 0) is 42.2 Å². The quantitative estimate of drug-likeness (QED) is 0.778. The van der Waals surface area contributed by atoms with Crippen molar-refractivity contribution in [3.63, 3.8) is 0 Å². The number of rotatable bonds is 4. The number of ether oxygens (including phenoxy) is 1. The minimum Gasteiger partial charge on any atom is -0.385 e. The largest absolute Gasteiger partial charge is 0.385 e. The molecule has 3 rings (SSSR count). The Morgan fingerprint density at radius 2 is 2.30 bits per heavy atom. The fourth-order valence-corrected chi connectivity index (χ4v) is 4.18. The summed E-state index contributed by atoms with van der Waals surface area (Å²) < 4.78 is 5.44. The zero-order valence-corrected chi connectivity index (χ0v) is 12.7. The Morgan fingerprint density at radius 3 is 3.25 bits per heavy atom. The van der Waals surface area contributed by atoms with Crippen molar-refractivity contribution in [2.24, 2.45) is 0 Å². The molecule has 5 heteroatoms. The van der Waals surface area contributed by atoms with E-state index >= 15 is 0 Å². The standard InChI is InChI=1S/C15H24N2O2S/c18-15(9-16-5-6-19-11-15)10-17-7-12-8-20-14-4-2-1-3-13(12)14/h8,16-18H,1-7,9-11H2. The van der Waals surface area contributed by atoms with Gasteiger partial charge in [0.2, 0.25) is 0 Å². The van der Waals surface area contributed by atoms with Crippen LogP contribution in [0.3, 0.4) is 0 Å². The summed E-state index contributed by atoms with van der Waals surface area (Å²) in [6.07, 6.45) is 5.13. The van der Waals surface area contributed by atoms with E-state index in [1.807, 2.05) is 11.3 Å². The molecular weight excluding hydrogens is 272 g/mol. The van der Waals surface area contributed by atoms with Gasteiger partial charge in [-0.25, -0.2) is 0 Å². The van der Waals surface area contributed by atoms with Gasteiger partial charge in [-0.3, -0.25) is 0 Å². The molecule has 2 aliphatic rings. The summed E-state index contributed by atoms with van der Waals surface area (Å²) in [5.74, 6) is 0. The summed E-state index contributed by atoms with van der Waals surface area (Å²) in [5, 5.41) is 19.4. The Balaban J connectivity index is 1.53. The van der Waals surface area contributed by atoms with Crippen LogP contribution in [0.1, 0.15) is 28.8 Å². The van der Waals surface area contributed by atoms with Gasteiger partial charge in [-0.1, -0.05) is 0 Å². The van der Waals surface area contributed by atoms with Gasteiger partial charge in [0, 0.05) is 31.1 Å². The predicted octanol–water partition coefficient (Wildman–Crippen LogP) is 1.07. The lowest BCUT2D eigenvalue weighted by Gasteiger charge is -2.26. The molecule has 1 aromatic heterocycles. The number of β-amino-alcohol motifs (C(OH)–C–C–N with tert-alkyl or cyclic N) is 1. The molecule has 1 fully saturated rings. The van der Waals surface area contributed by atoms with Crippen molar-refractivity contribution in [3.8, 4) is 0 Å². The lowest BCUT2D eigenvalue weighted by Crippen LogP contribution is -2.50. The topological polar surface area (TPSA) is 53.5 Å². The van der Waals surface area contributed by atoms with Gasteiger partial charge in [-0.15, -0.1) is 11.3 Å². The summed E-state index contributed by atoms with van der Waals surface area (Å²) in [4.78, 5) is 1.58. The van der Waals surface area contributed by atoms with Crippen LogP contribution in [0, 0.1) is 0 Å². The second kappa shape index (κ2) is 6.54. The molecule has 1 atom stereocenters. The predicted molar refractivity (Wildman–Crippen MR) is 81.3 cm³/mol. The number of fused-ring (bicyclic) bond motifs is 1. The second-order valence-electron chi connectivity index (χ2n) is 5.93. The molecule has 112 valence electrons. The summed E-state index contributed by atoms with van der Waals surface area (Å²) in [6.45, 7) is 3.94. The molecule has 0 spiro atoms. The highest BCUT2D eigenvalue weighted by Gasteiger charge is 2.28. The van der Waals surface area contributed by atoms with Crippen molar-refractivity contribution in [2.75, 3.05) is 32.8 Å². The summed E-state index contributed by atoms with van der Waals surface area (Å²) in [6, 6.07) is 0. The van der Waals surface area contributed by atoms with Crippen LogP contribution in [0.25, 0.3) is 0 Å². The molecule has 0 bridgehead atoms. The Hall–Kier alpha value is -0.460. The highest BCUT2D eigenvalue weighted by Crippen LogP contribution is 2.30. The molecule has 0 aromatic carbocycles. The molecule has 4 nitrogen and oxygen atoms in total. The van der Waals surface area contributed by atoms with Crippen LogP contribution in [-0.2, 0) is 24.1 Å². The number of hydrogen-bond donors (Lipinski definition) is 3. The molecule has 20 heavy (non-hydrogen) atoms. The SMILES string of the molecule is OC1(CNCc2csc3c2CCCC3)CNCCOC1. The summed E-state index contributed by atoms with van der Waals surface area (Å²) in [5.41, 5.74) is 2.21. The van der Waals surface area contributed by atoms with Crippen LogP contribution in [0.4, 0.5) is 0 Å². The van der Waals surface area contributed by atoms with E-state index in [0.717, 1.165) is 13.1 Å². The van der Waals surface area contributed by atoms with E-state index in [-0.39, 0.29) is 0 Å². The van der Waals surface area contributed by atoms with E-state index < -0.39 is 5.60 Å². The molecule has 1 unspecified atom stereocenters. The normalized spacial score (nSPS) is 27.1. The van der Waals surface area contributed by atoms with Gasteiger partial charge in [-0.2, -0.15) is 0 Å². The van der Waals surface area contributed by atoms with Crippen LogP contribution in [0.15, 0.2) is 5.38 Å². The average Bonchev–Trinajstić information content (AvgIpc) is 2.74. The van der Waals surface area contributed by atoms with E-state index in [4.69, 9.17) is 4.74 Å². The number of aryl methyl sites for hydroxylation is 1. The highest BCUT2D eigenvalue weighted by molar-refractivity contribution is 7.10. The van der Waals surface area contributed by atoms with Gasteiger partial charge < -0.3 is 20.5 Å². The lowest BCUT2D eigenvalue weighted by molar-refractivity contribution is -0.0264. The molecule has 1 aliphatic heterocycles. The van der Waals surface area contributed by atoms with Crippen molar-refractivity contribution in [3.05, 3.63) is 21.4 Å². The first kappa shape index (κ1) is 14.5. The van der Waals surface area contributed by atoms with Crippen LogP contribution < -0.4 is 10.6 Å². The Morgan fingerprint density at radius 1 is 1.40 bits per heavy atom. The average molecular weight is 296 g/mol. The van der Waals surface area contributed by atoms with E-state index in [1.165, 1.54) is 31.2 Å². The minimum absolute atomic E-state index is 0.411. The van der Waals surface area contributed by atoms with Gasteiger partial charge in [0.1, 0.15) is 5.60 Å². The summed E-state index contributed by atoms with van der Waals surface area (Å²) in [7, 11) is 0. The number of nitrogens with one attached hydrogen (secondary N) is 2. The van der Waals surface area contributed by atoms with E-state index in [1.54, 1.807) is 10.4 Å². The molecule has 2 heterocycles. The minimum atomic E-state index is -0.785. The van der Waals surface area contributed by atoms with Gasteiger partial charge in [0.15, 0.2) is 0 Å². The monoisotopic (exact) mass is 296 g/mol. The fourth-order valence-electron chi connectivity index (χ4n) is 3.03. The molecule has 1 aliphatic carbocycles. The molecule has 0 radical (unpaired) electrons. The van der Waals surface area contributed by atoms with Crippen molar-refractivity contribution < 1.29 is 9.84 Å². The van der Waals surface area contributed by atoms with Gasteiger partial charge in [0.25, 0.3) is 0 Å². The van der Waals surface area contributed by atoms with Crippen molar-refractivity contribution in [2.45, 2.75) is 37.8 Å². The molecule has 0 amide bonds. The van der Waals surface area contributed by atoms with E-state index in [0.29, 0.717) is 26.3 Å². The Kier molecular flexibility index (Phi) is 4.73. The van der Waals surface area contributed by atoms with Crippen LogP contribution in [-0.4, -0.2) is 43.6 Å². The third-order valence-electron chi connectivity index (χ3n) is 4.17. The number of aliphatic hydroxyl groups is 1. The summed E-state index contributed by atoms with van der Waals surface area (Å²) >= 11 is 1.90. The molecular formula is C15H24N2O2S. The third-order valence-corrected chi connectivity index (χ3v) is 5.30. The lowest BCUT2D eigenvalue weighted by atomic mass is 9.96. The van der Waals surface area contributed by atoms with Crippen LogP contribution in [0.5, 0.6) is 0 Å². The molecule has 1 saturated heterocycles. The van der Waals surface area contributed by atoms with Gasteiger partial charge >= 0.3 is 0 Å². The van der Waals surface area contributed by atoms with Crippen molar-refractivity contribution in [1.29, 1.82) is 0 Å². The molecule has 3 N–H and O–H groups in total. The molecule has 0 saturated carbocycles. The van der Waals surface area contributed by atoms with E-state index in [9.17, 15) is 5.11 Å². The fraction of sp³-hybridized carbons (Fsp3) is 0.733. The second-order valence-corrected chi connectivity index (χ2v) is 6.89. The third kappa shape index (κ3) is 3.40. The maximum absolute atomic E-state index is 10.5. The van der Waals surface area contributed by atoms with Crippen LogP contribution >= 0.6 is 11.3 Å².